The average Bonchev–Trinajstić information content (AvgIpc) is 3.63. The molecule has 5 aromatic rings. The van der Waals surface area contributed by atoms with E-state index in [0.717, 1.165) is 5.56 Å². The van der Waals surface area contributed by atoms with Crippen LogP contribution in [0.5, 0.6) is 11.5 Å². The molecular weight excluding hydrogens is 540 g/mol. The normalized spacial score (nSPS) is 13.8. The van der Waals surface area contributed by atoms with Gasteiger partial charge in [0.2, 0.25) is 5.13 Å². The van der Waals surface area contributed by atoms with Crippen LogP contribution < -0.4 is 15.2 Å². The van der Waals surface area contributed by atoms with Gasteiger partial charge in [0.05, 0.1) is 16.3 Å². The van der Waals surface area contributed by atoms with Gasteiger partial charge in [0.1, 0.15) is 17.2 Å². The van der Waals surface area contributed by atoms with Crippen molar-refractivity contribution in [3.8, 4) is 22.8 Å². The van der Waals surface area contributed by atoms with Crippen LogP contribution in [0.4, 0.5) is 16.5 Å². The topological polar surface area (TPSA) is 122 Å². The molecule has 4 aromatic carbocycles. The van der Waals surface area contributed by atoms with E-state index in [2.05, 4.69) is 20.6 Å². The van der Waals surface area contributed by atoms with Gasteiger partial charge in [-0.2, -0.15) is 15.2 Å². The van der Waals surface area contributed by atoms with Crippen molar-refractivity contribution in [3.63, 3.8) is 0 Å². The molecule has 0 bridgehead atoms. The van der Waals surface area contributed by atoms with E-state index in [-0.39, 0.29) is 17.1 Å². The van der Waals surface area contributed by atoms with Crippen LogP contribution in [0, 0.1) is 10.1 Å². The van der Waals surface area contributed by atoms with Crippen molar-refractivity contribution in [3.05, 3.63) is 130 Å². The van der Waals surface area contributed by atoms with Gasteiger partial charge < -0.3 is 4.74 Å². The Morgan fingerprint density at radius 2 is 1.49 bits per heavy atom. The molecule has 0 aliphatic carbocycles. The van der Waals surface area contributed by atoms with E-state index in [9.17, 15) is 14.9 Å². The largest absolute Gasteiger partial charge is 0.457 e. The third-order valence-electron chi connectivity index (χ3n) is 6.04. The lowest BCUT2D eigenvalue weighted by Crippen LogP contribution is -2.28. The SMILES string of the molecule is O=C1/C(=N\Nc2ccc(Oc3ccccc3)cc2)C(c2ccc([N+](=O)[O-])cc2)=NN1c1nc(-c2ccccc2)cs1. The Hall–Kier alpha value is -5.68. The van der Waals surface area contributed by atoms with Crippen molar-refractivity contribution >= 4 is 45.2 Å². The third kappa shape index (κ3) is 5.56. The van der Waals surface area contributed by atoms with Crippen molar-refractivity contribution in [1.29, 1.82) is 0 Å². The Labute approximate surface area is 238 Å². The number of non-ortho nitro benzene ring substituents is 1. The Kier molecular flexibility index (Phi) is 6.99. The van der Waals surface area contributed by atoms with Crippen LogP contribution in [0.3, 0.4) is 0 Å². The van der Waals surface area contributed by atoms with Crippen LogP contribution in [0.2, 0.25) is 0 Å². The number of carbonyl (C=O) groups excluding carboxylic acids is 1. The number of hydrazone groups is 2. The molecule has 0 saturated heterocycles. The fourth-order valence-electron chi connectivity index (χ4n) is 4.01. The van der Waals surface area contributed by atoms with E-state index >= 15 is 0 Å². The molecule has 6 rings (SSSR count). The first kappa shape index (κ1) is 25.6. The summed E-state index contributed by atoms with van der Waals surface area (Å²) in [6, 6.07) is 31.9. The molecule has 0 radical (unpaired) electrons. The van der Waals surface area contributed by atoms with E-state index in [0.29, 0.717) is 33.6 Å². The fraction of sp³-hybridized carbons (Fsp3) is 0. The summed E-state index contributed by atoms with van der Waals surface area (Å²) >= 11 is 1.28. The lowest BCUT2D eigenvalue weighted by molar-refractivity contribution is -0.384. The number of nitrogens with one attached hydrogen (secondary N) is 1. The molecule has 0 atom stereocenters. The van der Waals surface area contributed by atoms with Gasteiger partial charge in [-0.3, -0.25) is 20.3 Å². The molecule has 0 unspecified atom stereocenters. The summed E-state index contributed by atoms with van der Waals surface area (Å²) in [5, 5.41) is 23.5. The smallest absolute Gasteiger partial charge is 0.303 e. The maximum absolute atomic E-state index is 13.6. The van der Waals surface area contributed by atoms with Crippen molar-refractivity contribution in [1.82, 2.24) is 4.98 Å². The van der Waals surface area contributed by atoms with Gasteiger partial charge in [-0.25, -0.2) is 4.98 Å². The Balaban J connectivity index is 1.28. The zero-order chi connectivity index (χ0) is 28.2. The summed E-state index contributed by atoms with van der Waals surface area (Å²) in [7, 11) is 0. The second kappa shape index (κ2) is 11.2. The highest BCUT2D eigenvalue weighted by Gasteiger charge is 2.36. The van der Waals surface area contributed by atoms with E-state index in [4.69, 9.17) is 4.74 Å². The van der Waals surface area contributed by atoms with Gasteiger partial charge >= 0.3 is 5.91 Å². The molecule has 11 heteroatoms. The standard InChI is InChI=1S/C30H20N6O4S/c37-29-28(33-32-22-13-17-25(18-14-22)40-24-9-5-2-6-10-24)27(21-11-15-23(16-12-21)36(38)39)34-35(29)30-31-26(19-41-30)20-7-3-1-4-8-20/h1-19,32H/b33-28-. The summed E-state index contributed by atoms with van der Waals surface area (Å²) < 4.78 is 5.83. The number of hydrogen-bond donors (Lipinski definition) is 1. The Morgan fingerprint density at radius 3 is 2.17 bits per heavy atom. The number of anilines is 2. The molecule has 1 aliphatic rings. The molecule has 0 saturated carbocycles. The average molecular weight is 561 g/mol. The lowest BCUT2D eigenvalue weighted by atomic mass is 10.1. The monoisotopic (exact) mass is 560 g/mol. The summed E-state index contributed by atoms with van der Waals surface area (Å²) in [4.78, 5) is 28.9. The highest BCUT2D eigenvalue weighted by Crippen LogP contribution is 2.30. The van der Waals surface area contributed by atoms with Crippen LogP contribution in [0.15, 0.2) is 125 Å². The minimum absolute atomic E-state index is 0.0416. The molecule has 1 amide bonds. The highest BCUT2D eigenvalue weighted by molar-refractivity contribution is 7.14. The first-order valence-corrected chi connectivity index (χ1v) is 13.3. The predicted molar refractivity (Wildman–Crippen MR) is 159 cm³/mol. The van der Waals surface area contributed by atoms with E-state index in [1.807, 2.05) is 66.0 Å². The van der Waals surface area contributed by atoms with Crippen molar-refractivity contribution in [2.75, 3.05) is 10.4 Å². The zero-order valence-electron chi connectivity index (χ0n) is 21.2. The summed E-state index contributed by atoms with van der Waals surface area (Å²) in [5.74, 6) is 0.874. The first-order chi connectivity index (χ1) is 20.0. The number of thiazole rings is 1. The zero-order valence-corrected chi connectivity index (χ0v) is 22.1. The maximum Gasteiger partial charge on any atom is 0.303 e. The maximum atomic E-state index is 13.6. The number of carbonyl (C=O) groups is 1. The van der Waals surface area contributed by atoms with Crippen LogP contribution in [0.1, 0.15) is 5.56 Å². The van der Waals surface area contributed by atoms with Gasteiger partial charge in [-0.05, 0) is 48.5 Å². The van der Waals surface area contributed by atoms with Crippen LogP contribution in [-0.2, 0) is 4.79 Å². The number of rotatable bonds is 8. The second-order valence-electron chi connectivity index (χ2n) is 8.76. The van der Waals surface area contributed by atoms with Crippen molar-refractivity contribution in [2.45, 2.75) is 0 Å². The molecule has 1 N–H and O–H groups in total. The summed E-state index contributed by atoms with van der Waals surface area (Å²) in [5.41, 5.74) is 5.90. The molecule has 2 heterocycles. The van der Waals surface area contributed by atoms with Gasteiger partial charge in [0.25, 0.3) is 5.69 Å². The molecular formula is C30H20N6O4S. The minimum Gasteiger partial charge on any atom is -0.457 e. The lowest BCUT2D eigenvalue weighted by Gasteiger charge is -2.08. The summed E-state index contributed by atoms with van der Waals surface area (Å²) in [6.45, 7) is 0. The van der Waals surface area contributed by atoms with E-state index < -0.39 is 10.8 Å². The predicted octanol–water partition coefficient (Wildman–Crippen LogP) is 6.73. The van der Waals surface area contributed by atoms with Crippen molar-refractivity contribution in [2.24, 2.45) is 10.2 Å². The van der Waals surface area contributed by atoms with Crippen LogP contribution in [0.25, 0.3) is 11.3 Å². The highest BCUT2D eigenvalue weighted by atomic mass is 32.1. The molecule has 200 valence electrons. The van der Waals surface area contributed by atoms with Crippen molar-refractivity contribution < 1.29 is 14.5 Å². The van der Waals surface area contributed by atoms with Crippen LogP contribution in [-0.4, -0.2) is 27.2 Å². The Bertz CT molecular complexity index is 1770. The van der Waals surface area contributed by atoms with Gasteiger partial charge in [0.15, 0.2) is 5.71 Å². The molecule has 10 nitrogen and oxygen atoms in total. The number of nitro benzene ring substituents is 1. The Morgan fingerprint density at radius 1 is 0.829 bits per heavy atom. The molecule has 1 aliphatic heterocycles. The summed E-state index contributed by atoms with van der Waals surface area (Å²) in [6.07, 6.45) is 0. The minimum atomic E-state index is -0.486. The quantitative estimate of drug-likeness (QED) is 0.166. The second-order valence-corrected chi connectivity index (χ2v) is 9.60. The van der Waals surface area contributed by atoms with Gasteiger partial charge in [-0.1, -0.05) is 48.5 Å². The van der Waals surface area contributed by atoms with Gasteiger partial charge in [-0.15, -0.1) is 11.3 Å². The number of nitro groups is 1. The number of nitrogens with zero attached hydrogens (tertiary/aromatic N) is 5. The fourth-order valence-corrected chi connectivity index (χ4v) is 4.79. The molecule has 41 heavy (non-hydrogen) atoms. The number of benzene rings is 4. The third-order valence-corrected chi connectivity index (χ3v) is 6.86. The number of para-hydroxylation sites is 1. The number of aromatic nitrogens is 1. The number of amides is 1. The molecule has 0 spiro atoms. The molecule has 0 fully saturated rings. The van der Waals surface area contributed by atoms with Gasteiger partial charge in [0, 0.05) is 28.6 Å². The first-order valence-electron chi connectivity index (χ1n) is 12.4. The number of ether oxygens (including phenoxy) is 1. The van der Waals surface area contributed by atoms with E-state index in [1.54, 1.807) is 24.3 Å². The van der Waals surface area contributed by atoms with E-state index in [1.165, 1.54) is 40.6 Å². The molecule has 1 aromatic heterocycles. The van der Waals surface area contributed by atoms with Crippen LogP contribution >= 0.6 is 11.3 Å². The number of hydrogen-bond acceptors (Lipinski definition) is 9.